The van der Waals surface area contributed by atoms with Crippen molar-refractivity contribution < 1.29 is 17.6 Å². The zero-order valence-corrected chi connectivity index (χ0v) is 15.6. The van der Waals surface area contributed by atoms with Crippen LogP contribution >= 0.6 is 0 Å². The molecule has 2 aromatic rings. The molecule has 0 heterocycles. The Morgan fingerprint density at radius 1 is 0.962 bits per heavy atom. The lowest BCUT2D eigenvalue weighted by atomic mass is 10.1. The molecule has 0 bridgehead atoms. The van der Waals surface area contributed by atoms with E-state index in [0.29, 0.717) is 5.69 Å². The molecule has 2 amide bonds. The zero-order chi connectivity index (χ0) is 19.3. The van der Waals surface area contributed by atoms with Crippen LogP contribution in [-0.4, -0.2) is 20.7 Å². The van der Waals surface area contributed by atoms with E-state index in [-0.39, 0.29) is 23.9 Å². The lowest BCUT2D eigenvalue weighted by Crippen LogP contribution is -2.38. The summed E-state index contributed by atoms with van der Waals surface area (Å²) in [6.45, 7) is 3.59. The second-order valence-electron chi connectivity index (χ2n) is 6.11. The minimum Gasteiger partial charge on any atom is -0.332 e. The predicted octanol–water partition coefficient (Wildman–Crippen LogP) is 3.32. The van der Waals surface area contributed by atoms with Gasteiger partial charge in [-0.3, -0.25) is 4.72 Å². The van der Waals surface area contributed by atoms with Crippen LogP contribution in [0.5, 0.6) is 0 Å². The Labute approximate surface area is 152 Å². The van der Waals surface area contributed by atoms with Crippen LogP contribution < -0.4 is 15.4 Å². The summed E-state index contributed by atoms with van der Waals surface area (Å²) in [7, 11) is -3.37. The topological polar surface area (TPSA) is 87.3 Å². The number of carbonyl (C=O) groups is 1. The molecule has 0 unspecified atom stereocenters. The fraction of sp³-hybridized carbons (Fsp3) is 0.278. The molecule has 6 nitrogen and oxygen atoms in total. The maximum Gasteiger partial charge on any atom is 0.315 e. The molecule has 0 saturated heterocycles. The van der Waals surface area contributed by atoms with Crippen molar-refractivity contribution in [2.45, 2.75) is 25.9 Å². The van der Waals surface area contributed by atoms with Crippen LogP contribution in [0.1, 0.15) is 37.1 Å². The van der Waals surface area contributed by atoms with Crippen LogP contribution in [0.3, 0.4) is 0 Å². The summed E-state index contributed by atoms with van der Waals surface area (Å²) in [4.78, 5) is 12.2. The van der Waals surface area contributed by atoms with Crippen molar-refractivity contribution in [1.29, 1.82) is 0 Å². The molecule has 0 saturated carbocycles. The van der Waals surface area contributed by atoms with E-state index in [4.69, 9.17) is 0 Å². The minimum absolute atomic E-state index is 0.291. The lowest BCUT2D eigenvalue weighted by Gasteiger charge is -2.19. The van der Waals surface area contributed by atoms with E-state index < -0.39 is 10.0 Å². The van der Waals surface area contributed by atoms with Gasteiger partial charge >= 0.3 is 6.03 Å². The van der Waals surface area contributed by atoms with Crippen LogP contribution in [0.4, 0.5) is 14.9 Å². The molecule has 0 aliphatic rings. The molecule has 0 radical (unpaired) electrons. The van der Waals surface area contributed by atoms with Gasteiger partial charge in [-0.1, -0.05) is 24.3 Å². The van der Waals surface area contributed by atoms with Gasteiger partial charge in [-0.25, -0.2) is 17.6 Å². The Hall–Kier alpha value is -2.61. The van der Waals surface area contributed by atoms with Gasteiger partial charge in [-0.05, 0) is 49.2 Å². The fourth-order valence-electron chi connectivity index (χ4n) is 2.44. The average molecular weight is 379 g/mol. The van der Waals surface area contributed by atoms with E-state index >= 15 is 0 Å². The first kappa shape index (κ1) is 19.7. The highest BCUT2D eigenvalue weighted by molar-refractivity contribution is 7.92. The first-order chi connectivity index (χ1) is 12.1. The standard InChI is InChI=1S/C18H22FN3O3S/c1-12(14-7-9-16(19)10-8-14)20-18(23)21-13(2)15-5-4-6-17(11-15)22-26(3,24)25/h4-13,22H,1-3H3,(H2,20,21,23)/t12-,13+/m0/s1. The molecule has 0 aliphatic carbocycles. The molecule has 3 N–H and O–H groups in total. The van der Waals surface area contributed by atoms with Gasteiger partial charge in [0.05, 0.1) is 18.3 Å². The van der Waals surface area contributed by atoms with Gasteiger partial charge in [0.15, 0.2) is 0 Å². The number of rotatable bonds is 6. The van der Waals surface area contributed by atoms with Gasteiger partial charge in [0, 0.05) is 5.69 Å². The van der Waals surface area contributed by atoms with Crippen LogP contribution in [-0.2, 0) is 10.0 Å². The third kappa shape index (κ3) is 6.03. The minimum atomic E-state index is -3.37. The number of halogens is 1. The number of nitrogens with one attached hydrogen (secondary N) is 3. The van der Waals surface area contributed by atoms with Crippen molar-refractivity contribution in [3.8, 4) is 0 Å². The number of benzene rings is 2. The van der Waals surface area contributed by atoms with Crippen molar-refractivity contribution in [1.82, 2.24) is 10.6 Å². The summed E-state index contributed by atoms with van der Waals surface area (Å²) in [5.74, 6) is -0.332. The Balaban J connectivity index is 1.98. The van der Waals surface area contributed by atoms with Crippen LogP contribution in [0.25, 0.3) is 0 Å². The highest BCUT2D eigenvalue weighted by atomic mass is 32.2. The van der Waals surface area contributed by atoms with E-state index in [1.54, 1.807) is 50.2 Å². The van der Waals surface area contributed by atoms with Gasteiger partial charge in [0.2, 0.25) is 10.0 Å². The zero-order valence-electron chi connectivity index (χ0n) is 14.8. The SMILES string of the molecule is C[C@H](NC(=O)N[C@H](C)c1cccc(NS(C)(=O)=O)c1)c1ccc(F)cc1. The smallest absolute Gasteiger partial charge is 0.315 e. The van der Waals surface area contributed by atoms with Gasteiger partial charge in [0.1, 0.15) is 5.82 Å². The number of sulfonamides is 1. The Morgan fingerprint density at radius 3 is 2.12 bits per heavy atom. The molecule has 26 heavy (non-hydrogen) atoms. The summed E-state index contributed by atoms with van der Waals surface area (Å²) in [6.07, 6.45) is 1.08. The number of urea groups is 1. The highest BCUT2D eigenvalue weighted by Crippen LogP contribution is 2.18. The Bertz CT molecular complexity index is 870. The second kappa shape index (κ2) is 8.18. The fourth-order valence-corrected chi connectivity index (χ4v) is 2.99. The predicted molar refractivity (Wildman–Crippen MR) is 99.8 cm³/mol. The molecule has 0 spiro atoms. The normalized spacial score (nSPS) is 13.5. The molecule has 2 atom stereocenters. The van der Waals surface area contributed by atoms with Crippen molar-refractivity contribution >= 4 is 21.7 Å². The summed E-state index contributed by atoms with van der Waals surface area (Å²) in [5.41, 5.74) is 1.97. The number of hydrogen-bond acceptors (Lipinski definition) is 3. The first-order valence-corrected chi connectivity index (χ1v) is 9.93. The number of anilines is 1. The largest absolute Gasteiger partial charge is 0.332 e. The molecule has 140 valence electrons. The summed E-state index contributed by atoms with van der Waals surface area (Å²) in [6, 6.07) is 11.7. The van der Waals surface area contributed by atoms with Gasteiger partial charge in [0.25, 0.3) is 0 Å². The number of amides is 2. The summed E-state index contributed by atoms with van der Waals surface area (Å²) < 4.78 is 38.0. The maximum absolute atomic E-state index is 13.0. The van der Waals surface area contributed by atoms with Crippen LogP contribution in [0.2, 0.25) is 0 Å². The second-order valence-corrected chi connectivity index (χ2v) is 7.86. The molecule has 0 aliphatic heterocycles. The van der Waals surface area contributed by atoms with Gasteiger partial charge in [-0.15, -0.1) is 0 Å². The van der Waals surface area contributed by atoms with Crippen LogP contribution in [0, 0.1) is 5.82 Å². The quantitative estimate of drug-likeness (QED) is 0.719. The summed E-state index contributed by atoms with van der Waals surface area (Å²) in [5, 5.41) is 5.58. The third-order valence-electron chi connectivity index (χ3n) is 3.76. The molecule has 8 heteroatoms. The van der Waals surface area contributed by atoms with E-state index in [1.165, 1.54) is 12.1 Å². The van der Waals surface area contributed by atoms with Crippen molar-refractivity contribution in [3.05, 3.63) is 65.5 Å². The molecular formula is C18H22FN3O3S. The Kier molecular flexibility index (Phi) is 6.20. The van der Waals surface area contributed by atoms with Crippen molar-refractivity contribution in [2.24, 2.45) is 0 Å². The Morgan fingerprint density at radius 2 is 1.54 bits per heavy atom. The van der Waals surface area contributed by atoms with E-state index in [2.05, 4.69) is 15.4 Å². The maximum atomic E-state index is 13.0. The highest BCUT2D eigenvalue weighted by Gasteiger charge is 2.14. The summed E-state index contributed by atoms with van der Waals surface area (Å²) >= 11 is 0. The lowest BCUT2D eigenvalue weighted by molar-refractivity contribution is 0.235. The van der Waals surface area contributed by atoms with Crippen LogP contribution in [0.15, 0.2) is 48.5 Å². The molecular weight excluding hydrogens is 357 g/mol. The molecule has 2 aromatic carbocycles. The molecule has 2 rings (SSSR count). The van der Waals surface area contributed by atoms with Gasteiger partial charge in [-0.2, -0.15) is 0 Å². The van der Waals surface area contributed by atoms with E-state index in [1.807, 2.05) is 0 Å². The number of carbonyl (C=O) groups excluding carboxylic acids is 1. The average Bonchev–Trinajstić information content (AvgIpc) is 2.53. The number of hydrogen-bond donors (Lipinski definition) is 3. The molecule has 0 fully saturated rings. The van der Waals surface area contributed by atoms with Crippen molar-refractivity contribution in [2.75, 3.05) is 11.0 Å². The monoisotopic (exact) mass is 379 g/mol. The van der Waals surface area contributed by atoms with Gasteiger partial charge < -0.3 is 10.6 Å². The molecule has 0 aromatic heterocycles. The van der Waals surface area contributed by atoms with Crippen molar-refractivity contribution in [3.63, 3.8) is 0 Å². The van der Waals surface area contributed by atoms with E-state index in [0.717, 1.165) is 17.4 Å². The first-order valence-electron chi connectivity index (χ1n) is 8.04. The van der Waals surface area contributed by atoms with E-state index in [9.17, 15) is 17.6 Å². The third-order valence-corrected chi connectivity index (χ3v) is 4.36.